The van der Waals surface area contributed by atoms with Gasteiger partial charge in [-0.25, -0.2) is 9.97 Å². The lowest BCUT2D eigenvalue weighted by molar-refractivity contribution is 0.102. The summed E-state index contributed by atoms with van der Waals surface area (Å²) < 4.78 is 0. The van der Waals surface area contributed by atoms with E-state index in [1.54, 1.807) is 0 Å². The summed E-state index contributed by atoms with van der Waals surface area (Å²) in [6.45, 7) is 0. The molecule has 1 aromatic heterocycles. The number of nitrogens with zero attached hydrogens (tertiary/aromatic N) is 2. The van der Waals surface area contributed by atoms with Gasteiger partial charge in [-0.1, -0.05) is 0 Å². The number of alkyl halides is 1. The van der Waals surface area contributed by atoms with Crippen LogP contribution in [0.1, 0.15) is 10.4 Å². The molecule has 0 unspecified atom stereocenters. The SMILES string of the molecule is O=C(CCl)c1cnc(Cl)nc1. The van der Waals surface area contributed by atoms with Crippen LogP contribution in [-0.2, 0) is 0 Å². The van der Waals surface area contributed by atoms with Crippen LogP contribution in [-0.4, -0.2) is 21.6 Å². The predicted octanol–water partition coefficient (Wildman–Crippen LogP) is 1.55. The first kappa shape index (κ1) is 8.43. The van der Waals surface area contributed by atoms with Gasteiger partial charge in [0.05, 0.1) is 11.4 Å². The first-order valence-electron chi connectivity index (χ1n) is 2.80. The van der Waals surface area contributed by atoms with Gasteiger partial charge in [0.25, 0.3) is 0 Å². The van der Waals surface area contributed by atoms with Gasteiger partial charge in [-0.05, 0) is 11.6 Å². The van der Waals surface area contributed by atoms with Gasteiger partial charge < -0.3 is 0 Å². The van der Waals surface area contributed by atoms with Crippen LogP contribution >= 0.6 is 23.2 Å². The predicted molar refractivity (Wildman–Crippen MR) is 42.1 cm³/mol. The van der Waals surface area contributed by atoms with E-state index in [4.69, 9.17) is 23.2 Å². The molecule has 5 heteroatoms. The second-order valence-corrected chi connectivity index (χ2v) is 2.40. The Labute approximate surface area is 73.4 Å². The Hall–Kier alpha value is -0.670. The first-order valence-corrected chi connectivity index (χ1v) is 3.72. The molecule has 0 saturated heterocycles. The van der Waals surface area contributed by atoms with E-state index in [-0.39, 0.29) is 16.9 Å². The molecular formula is C6H4Cl2N2O. The number of hydrogen-bond acceptors (Lipinski definition) is 3. The van der Waals surface area contributed by atoms with Crippen LogP contribution < -0.4 is 0 Å². The molecule has 0 aliphatic heterocycles. The number of carbonyl (C=O) groups excluding carboxylic acids is 1. The van der Waals surface area contributed by atoms with Crippen LogP contribution in [0.3, 0.4) is 0 Å². The molecule has 1 aromatic rings. The molecule has 0 spiro atoms. The summed E-state index contributed by atoms with van der Waals surface area (Å²) in [5.74, 6) is -0.270. The topological polar surface area (TPSA) is 42.9 Å². The number of carbonyl (C=O) groups is 1. The molecule has 0 amide bonds. The first-order chi connectivity index (χ1) is 5.24. The summed E-state index contributed by atoms with van der Waals surface area (Å²) in [5, 5.41) is 0.121. The number of rotatable bonds is 2. The molecule has 11 heavy (non-hydrogen) atoms. The fraction of sp³-hybridized carbons (Fsp3) is 0.167. The van der Waals surface area contributed by atoms with E-state index in [0.29, 0.717) is 5.56 Å². The summed E-state index contributed by atoms with van der Waals surface area (Å²) in [4.78, 5) is 18.1. The van der Waals surface area contributed by atoms with Gasteiger partial charge in [0.15, 0.2) is 5.78 Å². The largest absolute Gasteiger partial charge is 0.293 e. The molecule has 0 bridgehead atoms. The number of ketones is 1. The maximum atomic E-state index is 10.9. The Morgan fingerprint density at radius 3 is 2.45 bits per heavy atom. The van der Waals surface area contributed by atoms with Gasteiger partial charge in [-0.15, -0.1) is 11.6 Å². The average molecular weight is 191 g/mol. The van der Waals surface area contributed by atoms with Crippen molar-refractivity contribution in [3.8, 4) is 0 Å². The van der Waals surface area contributed by atoms with Crippen LogP contribution in [0.4, 0.5) is 0 Å². The molecule has 58 valence electrons. The van der Waals surface area contributed by atoms with Gasteiger partial charge in [-0.3, -0.25) is 4.79 Å². The summed E-state index contributed by atoms with van der Waals surface area (Å²) in [6.07, 6.45) is 2.69. The van der Waals surface area contributed by atoms with Gasteiger partial charge in [0.1, 0.15) is 0 Å². The Kier molecular flexibility index (Phi) is 2.79. The van der Waals surface area contributed by atoms with Gasteiger partial charge in [0.2, 0.25) is 5.28 Å². The smallest absolute Gasteiger partial charge is 0.222 e. The van der Waals surface area contributed by atoms with Crippen molar-refractivity contribution in [1.82, 2.24) is 9.97 Å². The van der Waals surface area contributed by atoms with Crippen molar-refractivity contribution < 1.29 is 4.79 Å². The molecule has 1 rings (SSSR count). The van der Waals surface area contributed by atoms with E-state index < -0.39 is 0 Å². The van der Waals surface area contributed by atoms with Crippen LogP contribution in [0.25, 0.3) is 0 Å². The molecule has 0 aliphatic rings. The van der Waals surface area contributed by atoms with E-state index >= 15 is 0 Å². The minimum absolute atomic E-state index is 0.0645. The lowest BCUT2D eigenvalue weighted by Gasteiger charge is -1.93. The standard InChI is InChI=1S/C6H4Cl2N2O/c7-1-5(11)4-2-9-6(8)10-3-4/h2-3H,1H2. The fourth-order valence-corrected chi connectivity index (χ4v) is 0.785. The third-order valence-corrected chi connectivity index (χ3v) is 1.50. The Bertz CT molecular complexity index is 260. The molecule has 0 atom stereocenters. The van der Waals surface area contributed by atoms with E-state index in [2.05, 4.69) is 9.97 Å². The highest BCUT2D eigenvalue weighted by Gasteiger charge is 2.03. The normalized spacial score (nSPS) is 9.64. The minimum Gasteiger partial charge on any atom is -0.293 e. The van der Waals surface area contributed by atoms with Crippen molar-refractivity contribution in [3.63, 3.8) is 0 Å². The average Bonchev–Trinajstić information content (AvgIpc) is 2.05. The van der Waals surface area contributed by atoms with Crippen LogP contribution in [0.5, 0.6) is 0 Å². The minimum atomic E-state index is -0.205. The van der Waals surface area contributed by atoms with Gasteiger partial charge in [-0.2, -0.15) is 0 Å². The fourth-order valence-electron chi connectivity index (χ4n) is 0.533. The second kappa shape index (κ2) is 3.64. The van der Waals surface area contributed by atoms with Crippen molar-refractivity contribution in [2.45, 2.75) is 0 Å². The van der Waals surface area contributed by atoms with E-state index in [0.717, 1.165) is 0 Å². The zero-order valence-corrected chi connectivity index (χ0v) is 6.93. The maximum Gasteiger partial charge on any atom is 0.222 e. The molecule has 0 aromatic carbocycles. The lowest BCUT2D eigenvalue weighted by atomic mass is 10.2. The molecule has 0 fully saturated rings. The highest BCUT2D eigenvalue weighted by Crippen LogP contribution is 2.02. The number of hydrogen-bond donors (Lipinski definition) is 0. The second-order valence-electron chi connectivity index (χ2n) is 1.80. The zero-order chi connectivity index (χ0) is 8.27. The van der Waals surface area contributed by atoms with Gasteiger partial charge >= 0.3 is 0 Å². The summed E-state index contributed by atoms with van der Waals surface area (Å²) in [7, 11) is 0. The van der Waals surface area contributed by atoms with Crippen LogP contribution in [0.2, 0.25) is 5.28 Å². The van der Waals surface area contributed by atoms with E-state index in [1.807, 2.05) is 0 Å². The molecule has 0 radical (unpaired) electrons. The van der Waals surface area contributed by atoms with Crippen molar-refractivity contribution in [1.29, 1.82) is 0 Å². The summed E-state index contributed by atoms with van der Waals surface area (Å²) >= 11 is 10.7. The van der Waals surface area contributed by atoms with E-state index in [1.165, 1.54) is 12.4 Å². The zero-order valence-electron chi connectivity index (χ0n) is 5.42. The molecule has 1 heterocycles. The third kappa shape index (κ3) is 2.13. The summed E-state index contributed by atoms with van der Waals surface area (Å²) in [6, 6.07) is 0. The molecular weight excluding hydrogens is 187 g/mol. The monoisotopic (exact) mass is 190 g/mol. The number of halogens is 2. The highest BCUT2D eigenvalue weighted by molar-refractivity contribution is 6.30. The Balaban J connectivity index is 2.90. The summed E-state index contributed by atoms with van der Waals surface area (Å²) in [5.41, 5.74) is 0.379. The van der Waals surface area contributed by atoms with E-state index in [9.17, 15) is 4.79 Å². The molecule has 0 aliphatic carbocycles. The Morgan fingerprint density at radius 1 is 1.45 bits per heavy atom. The maximum absolute atomic E-state index is 10.9. The van der Waals surface area contributed by atoms with Crippen molar-refractivity contribution >= 4 is 29.0 Å². The lowest BCUT2D eigenvalue weighted by Crippen LogP contribution is -2.01. The van der Waals surface area contributed by atoms with Crippen molar-refractivity contribution in [2.75, 3.05) is 5.88 Å². The molecule has 0 N–H and O–H groups in total. The quantitative estimate of drug-likeness (QED) is 0.404. The van der Waals surface area contributed by atoms with Crippen molar-refractivity contribution in [3.05, 3.63) is 23.2 Å². The molecule has 3 nitrogen and oxygen atoms in total. The number of Topliss-reactive ketones (excluding diaryl/α,β-unsaturated/α-hetero) is 1. The highest BCUT2D eigenvalue weighted by atomic mass is 35.5. The third-order valence-electron chi connectivity index (χ3n) is 1.06. The van der Waals surface area contributed by atoms with Gasteiger partial charge in [0, 0.05) is 12.4 Å². The van der Waals surface area contributed by atoms with Crippen LogP contribution in [0, 0.1) is 0 Å². The Morgan fingerprint density at radius 2 is 2.00 bits per heavy atom. The van der Waals surface area contributed by atoms with Crippen LogP contribution in [0.15, 0.2) is 12.4 Å². The van der Waals surface area contributed by atoms with Crippen molar-refractivity contribution in [2.24, 2.45) is 0 Å². The molecule has 0 saturated carbocycles. The number of aromatic nitrogens is 2.